The Balaban J connectivity index is 2.38. The lowest BCUT2D eigenvalue weighted by Gasteiger charge is -2.18. The summed E-state index contributed by atoms with van der Waals surface area (Å²) in [5, 5.41) is 20.4. The van der Waals surface area contributed by atoms with E-state index in [9.17, 15) is 14.9 Å². The smallest absolute Gasteiger partial charge is 0.286 e. The molecule has 2 rings (SSSR count). The van der Waals surface area contributed by atoms with Gasteiger partial charge in [-0.05, 0) is 24.6 Å². The third-order valence-electron chi connectivity index (χ3n) is 3.83. The first-order valence-electron chi connectivity index (χ1n) is 8.15. The Morgan fingerprint density at radius 1 is 1.30 bits per heavy atom. The summed E-state index contributed by atoms with van der Waals surface area (Å²) in [4.78, 5) is 25.0. The fourth-order valence-corrected chi connectivity index (χ4v) is 2.59. The maximum absolute atomic E-state index is 12.8. The molecule has 2 aromatic carbocycles. The molecule has 0 unspecified atom stereocenters. The molecule has 2 aromatic rings. The highest BCUT2D eigenvalue weighted by Gasteiger charge is 2.26. The van der Waals surface area contributed by atoms with Gasteiger partial charge in [-0.15, -0.1) is 0 Å². The van der Waals surface area contributed by atoms with E-state index in [1.54, 1.807) is 31.2 Å². The van der Waals surface area contributed by atoms with E-state index in [-0.39, 0.29) is 29.3 Å². The van der Waals surface area contributed by atoms with E-state index in [4.69, 9.17) is 14.7 Å². The molecule has 0 saturated carbocycles. The first-order chi connectivity index (χ1) is 12.9. The number of hydrogen-bond donors (Lipinski definition) is 0. The van der Waals surface area contributed by atoms with Crippen LogP contribution in [-0.2, 0) is 6.54 Å². The van der Waals surface area contributed by atoms with Crippen LogP contribution in [0, 0.1) is 21.4 Å². The van der Waals surface area contributed by atoms with Crippen LogP contribution in [0.3, 0.4) is 0 Å². The molecule has 0 aliphatic heterocycles. The highest BCUT2D eigenvalue weighted by Crippen LogP contribution is 2.35. The Morgan fingerprint density at radius 3 is 2.63 bits per heavy atom. The fourth-order valence-electron chi connectivity index (χ4n) is 2.59. The van der Waals surface area contributed by atoms with Gasteiger partial charge < -0.3 is 14.4 Å². The fraction of sp³-hybridized carbons (Fsp3) is 0.263. The molecule has 8 nitrogen and oxygen atoms in total. The maximum atomic E-state index is 12.8. The number of nitrogens with zero attached hydrogens (tertiary/aromatic N) is 3. The quantitative estimate of drug-likeness (QED) is 0.548. The second kappa shape index (κ2) is 8.67. The zero-order valence-corrected chi connectivity index (χ0v) is 15.3. The van der Waals surface area contributed by atoms with Crippen molar-refractivity contribution in [2.45, 2.75) is 13.5 Å². The number of ether oxygens (including phenoxy) is 2. The van der Waals surface area contributed by atoms with Gasteiger partial charge in [-0.3, -0.25) is 14.9 Å². The van der Waals surface area contributed by atoms with E-state index in [0.717, 1.165) is 5.56 Å². The minimum Gasteiger partial charge on any atom is -0.493 e. The van der Waals surface area contributed by atoms with E-state index in [1.807, 2.05) is 6.07 Å². The lowest BCUT2D eigenvalue weighted by atomic mass is 10.1. The molecule has 0 aromatic heterocycles. The van der Waals surface area contributed by atoms with Crippen molar-refractivity contribution in [3.63, 3.8) is 0 Å². The summed E-state index contributed by atoms with van der Waals surface area (Å²) in [6.07, 6.45) is 0. The average molecular weight is 369 g/mol. The standard InChI is InChI=1S/C19H19N3O5/c1-4-27-18-10-16(22(24)25)15(9-17(18)26-3)19(23)21(2)12-14-7-5-6-13(8-14)11-20/h5-10H,4,12H2,1-3H3. The van der Waals surface area contributed by atoms with E-state index < -0.39 is 10.8 Å². The van der Waals surface area contributed by atoms with Crippen molar-refractivity contribution in [3.05, 3.63) is 63.2 Å². The summed E-state index contributed by atoms with van der Waals surface area (Å²) in [7, 11) is 2.93. The number of nitro groups is 1. The van der Waals surface area contributed by atoms with Gasteiger partial charge in [0.15, 0.2) is 11.5 Å². The first-order valence-corrected chi connectivity index (χ1v) is 8.15. The highest BCUT2D eigenvalue weighted by molar-refractivity contribution is 5.99. The molecular weight excluding hydrogens is 350 g/mol. The van der Waals surface area contributed by atoms with Crippen molar-refractivity contribution in [3.8, 4) is 17.6 Å². The monoisotopic (exact) mass is 369 g/mol. The lowest BCUT2D eigenvalue weighted by Crippen LogP contribution is -2.27. The number of carbonyl (C=O) groups is 1. The summed E-state index contributed by atoms with van der Waals surface area (Å²) in [6.45, 7) is 2.24. The second-order valence-electron chi connectivity index (χ2n) is 5.68. The van der Waals surface area contributed by atoms with E-state index in [2.05, 4.69) is 0 Å². The molecule has 0 saturated heterocycles. The van der Waals surface area contributed by atoms with Crippen molar-refractivity contribution in [1.82, 2.24) is 4.90 Å². The Hall–Kier alpha value is -3.60. The average Bonchev–Trinajstić information content (AvgIpc) is 2.67. The van der Waals surface area contributed by atoms with Gasteiger partial charge in [-0.1, -0.05) is 12.1 Å². The number of benzene rings is 2. The van der Waals surface area contributed by atoms with Gasteiger partial charge in [0, 0.05) is 19.7 Å². The van der Waals surface area contributed by atoms with Gasteiger partial charge in [0.05, 0.1) is 36.3 Å². The predicted octanol–water partition coefficient (Wildman–Crippen LogP) is 3.15. The van der Waals surface area contributed by atoms with Crippen LogP contribution in [0.2, 0.25) is 0 Å². The zero-order chi connectivity index (χ0) is 20.0. The minimum absolute atomic E-state index is 0.0979. The summed E-state index contributed by atoms with van der Waals surface area (Å²) in [5.74, 6) is -0.0938. The molecule has 27 heavy (non-hydrogen) atoms. The van der Waals surface area contributed by atoms with Crippen LogP contribution in [0.4, 0.5) is 5.69 Å². The Kier molecular flexibility index (Phi) is 6.33. The number of nitro benzene ring substituents is 1. The highest BCUT2D eigenvalue weighted by atomic mass is 16.6. The summed E-state index contributed by atoms with van der Waals surface area (Å²) >= 11 is 0. The molecular formula is C19H19N3O5. The molecule has 0 radical (unpaired) electrons. The van der Waals surface area contributed by atoms with E-state index in [0.29, 0.717) is 12.2 Å². The molecule has 0 atom stereocenters. The van der Waals surface area contributed by atoms with Gasteiger partial charge in [-0.25, -0.2) is 0 Å². The molecule has 0 fully saturated rings. The van der Waals surface area contributed by atoms with Crippen LogP contribution in [0.25, 0.3) is 0 Å². The number of rotatable bonds is 7. The second-order valence-corrected chi connectivity index (χ2v) is 5.68. The number of carbonyl (C=O) groups excluding carboxylic acids is 1. The molecule has 140 valence electrons. The van der Waals surface area contributed by atoms with Crippen molar-refractivity contribution >= 4 is 11.6 Å². The normalized spacial score (nSPS) is 10.0. The first kappa shape index (κ1) is 19.7. The summed E-state index contributed by atoms with van der Waals surface area (Å²) in [5.41, 5.74) is 0.758. The third kappa shape index (κ3) is 4.52. The van der Waals surface area contributed by atoms with Crippen LogP contribution in [-0.4, -0.2) is 36.5 Å². The topological polar surface area (TPSA) is 106 Å². The zero-order valence-electron chi connectivity index (χ0n) is 15.3. The molecule has 0 aliphatic rings. The van der Waals surface area contributed by atoms with Gasteiger partial charge in [0.1, 0.15) is 5.56 Å². The Morgan fingerprint density at radius 2 is 2.04 bits per heavy atom. The van der Waals surface area contributed by atoms with Gasteiger partial charge in [0.2, 0.25) is 0 Å². The number of nitriles is 1. The van der Waals surface area contributed by atoms with Crippen LogP contribution in [0.1, 0.15) is 28.4 Å². The molecule has 0 bridgehead atoms. The lowest BCUT2D eigenvalue weighted by molar-refractivity contribution is -0.385. The molecule has 0 aliphatic carbocycles. The number of amides is 1. The molecule has 8 heteroatoms. The van der Waals surface area contributed by atoms with E-state index in [1.165, 1.54) is 31.2 Å². The van der Waals surface area contributed by atoms with Crippen LogP contribution in [0.5, 0.6) is 11.5 Å². The molecule has 0 N–H and O–H groups in total. The van der Waals surface area contributed by atoms with Crippen molar-refractivity contribution in [2.24, 2.45) is 0 Å². The third-order valence-corrected chi connectivity index (χ3v) is 3.83. The van der Waals surface area contributed by atoms with E-state index >= 15 is 0 Å². The molecule has 1 amide bonds. The largest absolute Gasteiger partial charge is 0.493 e. The number of methoxy groups -OCH3 is 1. The van der Waals surface area contributed by atoms with Crippen molar-refractivity contribution in [2.75, 3.05) is 20.8 Å². The van der Waals surface area contributed by atoms with Crippen LogP contribution in [0.15, 0.2) is 36.4 Å². The van der Waals surface area contributed by atoms with Crippen molar-refractivity contribution in [1.29, 1.82) is 5.26 Å². The van der Waals surface area contributed by atoms with Crippen molar-refractivity contribution < 1.29 is 19.2 Å². The van der Waals surface area contributed by atoms with Crippen LogP contribution < -0.4 is 9.47 Å². The molecule has 0 heterocycles. The van der Waals surface area contributed by atoms with Gasteiger partial charge in [-0.2, -0.15) is 5.26 Å². The maximum Gasteiger partial charge on any atom is 0.286 e. The van der Waals surface area contributed by atoms with Crippen LogP contribution >= 0.6 is 0 Å². The SMILES string of the molecule is CCOc1cc([N+](=O)[O-])c(C(=O)N(C)Cc2cccc(C#N)c2)cc1OC. The predicted molar refractivity (Wildman–Crippen MR) is 97.8 cm³/mol. The Labute approximate surface area is 156 Å². The summed E-state index contributed by atoms with van der Waals surface area (Å²) < 4.78 is 10.5. The number of hydrogen-bond acceptors (Lipinski definition) is 6. The Bertz CT molecular complexity index is 905. The summed E-state index contributed by atoms with van der Waals surface area (Å²) in [6, 6.07) is 11.4. The van der Waals surface area contributed by atoms with Gasteiger partial charge >= 0.3 is 0 Å². The minimum atomic E-state index is -0.626. The van der Waals surface area contributed by atoms with Gasteiger partial charge in [0.25, 0.3) is 11.6 Å². The molecule has 0 spiro atoms.